The Labute approximate surface area is 207 Å². The van der Waals surface area contributed by atoms with Crippen LogP contribution in [0.4, 0.5) is 0 Å². The molecule has 9 heteroatoms. The molecule has 9 nitrogen and oxygen atoms in total. The molecule has 2 amide bonds. The SMILES string of the molecule is Cc1c(C)n(Cc2ccco2)c2ncn3nc([C@@H](CC(C)C)N4C(=O)c5ccccc5C4=O)nc3c12. The normalized spacial score (nSPS) is 14.5. The number of amides is 2. The van der Waals surface area contributed by atoms with Gasteiger partial charge in [-0.25, -0.2) is 14.5 Å². The standard InChI is InChI=1S/C27H26N6O3/c1-15(2)12-21(33-26(34)19-9-5-6-10-20(19)27(33)35)23-29-25-22-16(3)17(4)31(13-18-8-7-11-36-18)24(22)28-14-32(25)30-23/h5-11,14-15,21H,12-13H2,1-4H3/t21-/m1/s1. The van der Waals surface area contributed by atoms with Gasteiger partial charge in [-0.05, 0) is 56.0 Å². The Morgan fingerprint density at radius 1 is 0.972 bits per heavy atom. The average molecular weight is 483 g/mol. The number of benzene rings is 1. The lowest BCUT2D eigenvalue weighted by molar-refractivity contribution is 0.0555. The van der Waals surface area contributed by atoms with Crippen molar-refractivity contribution in [3.05, 3.63) is 83.0 Å². The number of nitrogens with zero attached hydrogens (tertiary/aromatic N) is 6. The van der Waals surface area contributed by atoms with Crippen LogP contribution < -0.4 is 0 Å². The molecule has 36 heavy (non-hydrogen) atoms. The number of hydrogen-bond donors (Lipinski definition) is 0. The molecule has 0 spiro atoms. The van der Waals surface area contributed by atoms with Crippen molar-refractivity contribution in [3.8, 4) is 0 Å². The summed E-state index contributed by atoms with van der Waals surface area (Å²) in [7, 11) is 0. The van der Waals surface area contributed by atoms with E-state index in [0.717, 1.165) is 28.1 Å². The summed E-state index contributed by atoms with van der Waals surface area (Å²) in [5.41, 5.74) is 4.39. The maximum atomic E-state index is 13.3. The molecule has 1 aliphatic rings. The molecule has 5 aromatic rings. The fourth-order valence-corrected chi connectivity index (χ4v) is 5.10. The van der Waals surface area contributed by atoms with Crippen molar-refractivity contribution in [2.75, 3.05) is 0 Å². The summed E-state index contributed by atoms with van der Waals surface area (Å²) in [5.74, 6) is 0.868. The molecule has 4 aromatic heterocycles. The second-order valence-corrected chi connectivity index (χ2v) is 9.73. The van der Waals surface area contributed by atoms with E-state index in [0.29, 0.717) is 35.6 Å². The van der Waals surface area contributed by atoms with Crippen LogP contribution in [-0.2, 0) is 6.54 Å². The van der Waals surface area contributed by atoms with Crippen LogP contribution in [0, 0.1) is 19.8 Å². The smallest absolute Gasteiger partial charge is 0.262 e. The van der Waals surface area contributed by atoms with Gasteiger partial charge in [0.15, 0.2) is 11.5 Å². The van der Waals surface area contributed by atoms with Gasteiger partial charge >= 0.3 is 0 Å². The molecule has 0 fully saturated rings. The van der Waals surface area contributed by atoms with Crippen LogP contribution in [0.3, 0.4) is 0 Å². The number of aromatic nitrogens is 5. The minimum absolute atomic E-state index is 0.211. The molecule has 0 aliphatic carbocycles. The quantitative estimate of drug-likeness (QED) is 0.325. The number of furan rings is 1. The largest absolute Gasteiger partial charge is 0.467 e. The van der Waals surface area contributed by atoms with Crippen LogP contribution in [0.15, 0.2) is 53.4 Å². The third-order valence-electron chi connectivity index (χ3n) is 6.99. The molecule has 0 saturated heterocycles. The van der Waals surface area contributed by atoms with Crippen LogP contribution in [0.5, 0.6) is 0 Å². The summed E-state index contributed by atoms with van der Waals surface area (Å²) in [5, 5.41) is 5.61. The Bertz CT molecular complexity index is 1610. The van der Waals surface area contributed by atoms with Gasteiger partial charge in [-0.3, -0.25) is 14.5 Å². The highest BCUT2D eigenvalue weighted by Gasteiger charge is 2.42. The summed E-state index contributed by atoms with van der Waals surface area (Å²) in [6.07, 6.45) is 3.85. The number of carbonyl (C=O) groups is 2. The van der Waals surface area contributed by atoms with E-state index in [2.05, 4.69) is 18.4 Å². The molecule has 0 bridgehead atoms. The van der Waals surface area contributed by atoms with Gasteiger partial charge in [-0.1, -0.05) is 26.0 Å². The summed E-state index contributed by atoms with van der Waals surface area (Å²) in [4.78, 5) is 37.5. The number of rotatable bonds is 6. The lowest BCUT2D eigenvalue weighted by atomic mass is 10.0. The first kappa shape index (κ1) is 22.2. The predicted molar refractivity (Wildman–Crippen MR) is 133 cm³/mol. The van der Waals surface area contributed by atoms with Crippen molar-refractivity contribution >= 4 is 28.5 Å². The molecule has 5 heterocycles. The highest BCUT2D eigenvalue weighted by atomic mass is 16.3. The topological polar surface area (TPSA) is 98.5 Å². The fraction of sp³-hybridized carbons (Fsp3) is 0.296. The molecule has 0 saturated carbocycles. The Hall–Kier alpha value is -4.27. The molecule has 182 valence electrons. The first-order chi connectivity index (χ1) is 17.3. The highest BCUT2D eigenvalue weighted by molar-refractivity contribution is 6.21. The van der Waals surface area contributed by atoms with Crippen LogP contribution in [0.2, 0.25) is 0 Å². The number of imide groups is 1. The number of aryl methyl sites for hydroxylation is 1. The molecule has 6 rings (SSSR count). The first-order valence-electron chi connectivity index (χ1n) is 12.0. The van der Waals surface area contributed by atoms with Gasteiger partial charge in [0.05, 0.1) is 29.3 Å². The minimum atomic E-state index is -0.584. The summed E-state index contributed by atoms with van der Waals surface area (Å²) >= 11 is 0. The average Bonchev–Trinajstić information content (AvgIpc) is 3.62. The Morgan fingerprint density at radius 2 is 1.69 bits per heavy atom. The Balaban J connectivity index is 1.48. The van der Waals surface area contributed by atoms with Crippen molar-refractivity contribution < 1.29 is 14.0 Å². The van der Waals surface area contributed by atoms with Gasteiger partial charge in [0.25, 0.3) is 11.8 Å². The lowest BCUT2D eigenvalue weighted by Crippen LogP contribution is -2.35. The number of hydrogen-bond acceptors (Lipinski definition) is 6. The second-order valence-electron chi connectivity index (χ2n) is 9.73. The molecule has 1 atom stereocenters. The number of fused-ring (bicyclic) bond motifs is 4. The van der Waals surface area contributed by atoms with E-state index in [4.69, 9.17) is 19.5 Å². The van der Waals surface area contributed by atoms with Gasteiger partial charge < -0.3 is 8.98 Å². The molecule has 0 N–H and O–H groups in total. The molecular weight excluding hydrogens is 456 g/mol. The zero-order chi connectivity index (χ0) is 25.1. The lowest BCUT2D eigenvalue weighted by Gasteiger charge is -2.25. The molecule has 1 aliphatic heterocycles. The Kier molecular flexibility index (Phi) is 5.03. The summed E-state index contributed by atoms with van der Waals surface area (Å²) in [6.45, 7) is 8.76. The monoisotopic (exact) mass is 482 g/mol. The van der Waals surface area contributed by atoms with Gasteiger partial charge in [0.1, 0.15) is 23.8 Å². The van der Waals surface area contributed by atoms with E-state index in [1.54, 1.807) is 41.4 Å². The molecule has 0 unspecified atom stereocenters. The Morgan fingerprint density at radius 3 is 2.33 bits per heavy atom. The maximum Gasteiger partial charge on any atom is 0.262 e. The van der Waals surface area contributed by atoms with Crippen molar-refractivity contribution in [3.63, 3.8) is 0 Å². The van der Waals surface area contributed by atoms with Gasteiger partial charge in [-0.2, -0.15) is 0 Å². The van der Waals surface area contributed by atoms with Crippen molar-refractivity contribution in [1.29, 1.82) is 0 Å². The summed E-state index contributed by atoms with van der Waals surface area (Å²) in [6, 6.07) is 10.2. The molecule has 0 radical (unpaired) electrons. The second kappa shape index (κ2) is 8.15. The highest BCUT2D eigenvalue weighted by Crippen LogP contribution is 2.35. The zero-order valence-electron chi connectivity index (χ0n) is 20.6. The van der Waals surface area contributed by atoms with Gasteiger partial charge in [0, 0.05) is 5.69 Å². The van der Waals surface area contributed by atoms with E-state index in [9.17, 15) is 9.59 Å². The van der Waals surface area contributed by atoms with Crippen LogP contribution in [0.25, 0.3) is 16.7 Å². The van der Waals surface area contributed by atoms with Gasteiger partial charge in [0.2, 0.25) is 0 Å². The van der Waals surface area contributed by atoms with E-state index in [1.807, 2.05) is 26.0 Å². The van der Waals surface area contributed by atoms with Crippen LogP contribution in [-0.4, -0.2) is 40.9 Å². The fourth-order valence-electron chi connectivity index (χ4n) is 5.10. The van der Waals surface area contributed by atoms with Crippen LogP contribution in [0.1, 0.15) is 69.9 Å². The van der Waals surface area contributed by atoms with E-state index >= 15 is 0 Å². The third-order valence-corrected chi connectivity index (χ3v) is 6.99. The predicted octanol–water partition coefficient (Wildman–Crippen LogP) is 4.72. The van der Waals surface area contributed by atoms with Gasteiger partial charge in [-0.15, -0.1) is 5.10 Å². The number of carbonyl (C=O) groups excluding carboxylic acids is 2. The van der Waals surface area contributed by atoms with Crippen molar-refractivity contribution in [2.24, 2.45) is 5.92 Å². The van der Waals surface area contributed by atoms with Crippen molar-refractivity contribution in [2.45, 2.75) is 46.7 Å². The molecule has 1 aromatic carbocycles. The van der Waals surface area contributed by atoms with E-state index in [-0.39, 0.29) is 17.7 Å². The molecular formula is C27H26N6O3. The maximum absolute atomic E-state index is 13.3. The zero-order valence-corrected chi connectivity index (χ0v) is 20.6. The van der Waals surface area contributed by atoms with E-state index < -0.39 is 6.04 Å². The van der Waals surface area contributed by atoms with Crippen molar-refractivity contribution in [1.82, 2.24) is 29.0 Å². The first-order valence-corrected chi connectivity index (χ1v) is 12.0. The van der Waals surface area contributed by atoms with E-state index in [1.165, 1.54) is 4.90 Å². The summed E-state index contributed by atoms with van der Waals surface area (Å²) < 4.78 is 9.31. The van der Waals surface area contributed by atoms with Crippen LogP contribution >= 0.6 is 0 Å². The third kappa shape index (κ3) is 3.26. The minimum Gasteiger partial charge on any atom is -0.467 e.